The summed E-state index contributed by atoms with van der Waals surface area (Å²) in [4.78, 5) is 21.4. The van der Waals surface area contributed by atoms with E-state index >= 15 is 0 Å². The third kappa shape index (κ3) is 4.60. The Bertz CT molecular complexity index is 932. The summed E-state index contributed by atoms with van der Waals surface area (Å²) in [5, 5.41) is 3.26. The molecule has 2 aromatic rings. The first-order chi connectivity index (χ1) is 14.5. The second-order valence-electron chi connectivity index (χ2n) is 6.94. The molecular formula is C20H21Cl3N4O3. The van der Waals surface area contributed by atoms with E-state index in [4.69, 9.17) is 44.3 Å². The highest BCUT2D eigenvalue weighted by atomic mass is 35.5. The van der Waals surface area contributed by atoms with Crippen molar-refractivity contribution in [2.75, 3.05) is 67.7 Å². The molecule has 30 heavy (non-hydrogen) atoms. The van der Waals surface area contributed by atoms with Gasteiger partial charge in [0.15, 0.2) is 0 Å². The third-order valence-electron chi connectivity index (χ3n) is 5.09. The number of hydrogen-bond donors (Lipinski definition) is 1. The van der Waals surface area contributed by atoms with E-state index < -0.39 is 5.91 Å². The van der Waals surface area contributed by atoms with Gasteiger partial charge < -0.3 is 24.6 Å². The van der Waals surface area contributed by atoms with Gasteiger partial charge in [-0.05, 0) is 18.2 Å². The second kappa shape index (κ2) is 9.58. The van der Waals surface area contributed by atoms with Gasteiger partial charge in [0.2, 0.25) is 0 Å². The molecule has 0 bridgehead atoms. The highest BCUT2D eigenvalue weighted by molar-refractivity contribution is 6.49. The summed E-state index contributed by atoms with van der Waals surface area (Å²) in [5.74, 6) is -0.452. The molecule has 7 nitrogen and oxygen atoms in total. The van der Waals surface area contributed by atoms with E-state index in [9.17, 15) is 4.79 Å². The van der Waals surface area contributed by atoms with Crippen LogP contribution < -0.4 is 15.1 Å². The van der Waals surface area contributed by atoms with Gasteiger partial charge >= 0.3 is 0 Å². The van der Waals surface area contributed by atoms with Crippen molar-refractivity contribution >= 4 is 57.8 Å². The van der Waals surface area contributed by atoms with Crippen molar-refractivity contribution in [2.45, 2.75) is 0 Å². The summed E-state index contributed by atoms with van der Waals surface area (Å²) in [6.07, 6.45) is 1.31. The van der Waals surface area contributed by atoms with Gasteiger partial charge in [-0.15, -0.1) is 0 Å². The number of carbonyl (C=O) groups excluding carboxylic acids is 1. The maximum Gasteiger partial charge on any atom is 0.275 e. The second-order valence-corrected chi connectivity index (χ2v) is 8.10. The van der Waals surface area contributed by atoms with E-state index in [1.807, 2.05) is 12.1 Å². The zero-order valence-electron chi connectivity index (χ0n) is 16.2. The van der Waals surface area contributed by atoms with Crippen molar-refractivity contribution in [1.29, 1.82) is 0 Å². The fraction of sp³-hybridized carbons (Fsp3) is 0.400. The molecule has 1 amide bonds. The quantitative estimate of drug-likeness (QED) is 0.728. The average molecular weight is 472 g/mol. The predicted octanol–water partition coefficient (Wildman–Crippen LogP) is 3.97. The lowest BCUT2D eigenvalue weighted by Crippen LogP contribution is -2.38. The van der Waals surface area contributed by atoms with Gasteiger partial charge in [0, 0.05) is 38.1 Å². The Hall–Kier alpha value is -1.77. The third-order valence-corrected chi connectivity index (χ3v) is 6.33. The van der Waals surface area contributed by atoms with E-state index in [0.29, 0.717) is 32.1 Å². The molecule has 2 saturated heterocycles. The maximum absolute atomic E-state index is 12.9. The number of aromatic nitrogens is 1. The standard InChI is InChI=1S/C20H21Cl3N4O3/c21-14-12-24-19(18(23)17(14)22)20(28)25-15-2-1-13(26-3-7-29-8-4-26)11-16(15)27-5-9-30-10-6-27/h1-2,11-12H,3-10H2,(H,25,28). The fourth-order valence-electron chi connectivity index (χ4n) is 3.49. The van der Waals surface area contributed by atoms with Gasteiger partial charge in [-0.2, -0.15) is 0 Å². The summed E-state index contributed by atoms with van der Waals surface area (Å²) in [7, 11) is 0. The predicted molar refractivity (Wildman–Crippen MR) is 120 cm³/mol. The largest absolute Gasteiger partial charge is 0.378 e. The molecule has 2 aliphatic heterocycles. The van der Waals surface area contributed by atoms with Crippen molar-refractivity contribution in [1.82, 2.24) is 4.98 Å². The number of benzene rings is 1. The van der Waals surface area contributed by atoms with Crippen LogP contribution in [0.1, 0.15) is 10.5 Å². The molecule has 10 heteroatoms. The SMILES string of the molecule is O=C(Nc1ccc(N2CCOCC2)cc1N1CCOCC1)c1ncc(Cl)c(Cl)c1Cl. The number of anilines is 3. The van der Waals surface area contributed by atoms with E-state index in [0.717, 1.165) is 37.6 Å². The van der Waals surface area contributed by atoms with Crippen LogP contribution in [0.5, 0.6) is 0 Å². The Kier molecular flexibility index (Phi) is 6.85. The number of ether oxygens (including phenoxy) is 2. The number of halogens is 3. The van der Waals surface area contributed by atoms with Gasteiger partial charge in [-0.1, -0.05) is 34.8 Å². The minimum atomic E-state index is -0.452. The van der Waals surface area contributed by atoms with Crippen LogP contribution in [0.3, 0.4) is 0 Å². The first kappa shape index (κ1) is 21.5. The minimum Gasteiger partial charge on any atom is -0.378 e. The van der Waals surface area contributed by atoms with Gasteiger partial charge in [0.1, 0.15) is 5.69 Å². The molecule has 0 atom stereocenters. The zero-order chi connectivity index (χ0) is 21.1. The van der Waals surface area contributed by atoms with Gasteiger partial charge in [-0.3, -0.25) is 4.79 Å². The van der Waals surface area contributed by atoms with Crippen molar-refractivity contribution in [3.05, 3.63) is 45.2 Å². The van der Waals surface area contributed by atoms with Crippen molar-refractivity contribution in [2.24, 2.45) is 0 Å². The molecule has 0 saturated carbocycles. The number of pyridine rings is 1. The lowest BCUT2D eigenvalue weighted by atomic mass is 10.1. The zero-order valence-corrected chi connectivity index (χ0v) is 18.4. The first-order valence-electron chi connectivity index (χ1n) is 9.65. The fourth-order valence-corrected chi connectivity index (χ4v) is 4.06. The molecule has 0 spiro atoms. The molecule has 3 heterocycles. The summed E-state index contributed by atoms with van der Waals surface area (Å²) in [6.45, 7) is 5.81. The molecular weight excluding hydrogens is 451 g/mol. The normalized spacial score (nSPS) is 17.2. The number of rotatable bonds is 4. The van der Waals surface area contributed by atoms with Crippen molar-refractivity contribution in [3.8, 4) is 0 Å². The van der Waals surface area contributed by atoms with Crippen LogP contribution >= 0.6 is 34.8 Å². The summed E-state index contributed by atoms with van der Waals surface area (Å²) < 4.78 is 10.9. The lowest BCUT2D eigenvalue weighted by Gasteiger charge is -2.33. The Morgan fingerprint density at radius 2 is 1.57 bits per heavy atom. The Morgan fingerprint density at radius 1 is 0.933 bits per heavy atom. The molecule has 160 valence electrons. The Morgan fingerprint density at radius 3 is 2.23 bits per heavy atom. The topological polar surface area (TPSA) is 66.9 Å². The number of nitrogens with one attached hydrogen (secondary N) is 1. The highest BCUT2D eigenvalue weighted by Gasteiger charge is 2.22. The first-order valence-corrected chi connectivity index (χ1v) is 10.8. The van der Waals surface area contributed by atoms with Gasteiger partial charge in [0.05, 0.1) is 52.9 Å². The van der Waals surface area contributed by atoms with Crippen LogP contribution in [0.4, 0.5) is 17.1 Å². The van der Waals surface area contributed by atoms with Crippen LogP contribution in [-0.4, -0.2) is 63.5 Å². The molecule has 4 rings (SSSR count). The minimum absolute atomic E-state index is 0.0243. The monoisotopic (exact) mass is 470 g/mol. The molecule has 0 radical (unpaired) electrons. The average Bonchev–Trinajstić information content (AvgIpc) is 2.79. The van der Waals surface area contributed by atoms with Crippen LogP contribution in [0.25, 0.3) is 0 Å². The van der Waals surface area contributed by atoms with E-state index in [-0.39, 0.29) is 20.8 Å². The number of hydrogen-bond acceptors (Lipinski definition) is 6. The molecule has 0 aliphatic carbocycles. The summed E-state index contributed by atoms with van der Waals surface area (Å²) in [6, 6.07) is 5.99. The van der Waals surface area contributed by atoms with Crippen molar-refractivity contribution in [3.63, 3.8) is 0 Å². The molecule has 1 aromatic heterocycles. The Labute approximate surface area is 189 Å². The molecule has 2 aliphatic rings. The van der Waals surface area contributed by atoms with Gasteiger partial charge in [0.25, 0.3) is 5.91 Å². The van der Waals surface area contributed by atoms with E-state index in [1.54, 1.807) is 0 Å². The lowest BCUT2D eigenvalue weighted by molar-refractivity contribution is 0.102. The van der Waals surface area contributed by atoms with Crippen molar-refractivity contribution < 1.29 is 14.3 Å². The van der Waals surface area contributed by atoms with Crippen LogP contribution in [0.2, 0.25) is 15.1 Å². The molecule has 2 fully saturated rings. The number of morpholine rings is 2. The summed E-state index contributed by atoms with van der Waals surface area (Å²) in [5.41, 5.74) is 2.70. The van der Waals surface area contributed by atoms with Crippen LogP contribution in [0, 0.1) is 0 Å². The van der Waals surface area contributed by atoms with Crippen LogP contribution in [-0.2, 0) is 9.47 Å². The van der Waals surface area contributed by atoms with Crippen LogP contribution in [0.15, 0.2) is 24.4 Å². The number of amides is 1. The molecule has 1 N–H and O–H groups in total. The maximum atomic E-state index is 12.9. The molecule has 1 aromatic carbocycles. The Balaban J connectivity index is 1.64. The smallest absolute Gasteiger partial charge is 0.275 e. The highest BCUT2D eigenvalue weighted by Crippen LogP contribution is 2.34. The van der Waals surface area contributed by atoms with Gasteiger partial charge in [-0.25, -0.2) is 4.98 Å². The number of nitrogens with zero attached hydrogens (tertiary/aromatic N) is 3. The molecule has 0 unspecified atom stereocenters. The number of carbonyl (C=O) groups is 1. The summed E-state index contributed by atoms with van der Waals surface area (Å²) >= 11 is 18.2. The van der Waals surface area contributed by atoms with E-state index in [2.05, 4.69) is 26.2 Å². The van der Waals surface area contributed by atoms with E-state index in [1.165, 1.54) is 6.20 Å².